The molecule has 25 heavy (non-hydrogen) atoms. The van der Waals surface area contributed by atoms with E-state index in [-0.39, 0.29) is 10.7 Å². The van der Waals surface area contributed by atoms with E-state index in [4.69, 9.17) is 0 Å². The largest absolute Gasteiger partial charge is 0.436 e. The summed E-state index contributed by atoms with van der Waals surface area (Å²) in [6, 6.07) is 11.7. The zero-order chi connectivity index (χ0) is 17.8. The van der Waals surface area contributed by atoms with Crippen molar-refractivity contribution in [3.05, 3.63) is 59.7 Å². The van der Waals surface area contributed by atoms with E-state index in [0.717, 1.165) is 17.3 Å². The van der Waals surface area contributed by atoms with Gasteiger partial charge in [0, 0.05) is 10.5 Å². The van der Waals surface area contributed by atoms with Gasteiger partial charge in [0.1, 0.15) is 0 Å². The summed E-state index contributed by atoms with van der Waals surface area (Å²) in [5.74, 6) is 0. The van der Waals surface area contributed by atoms with E-state index in [0.29, 0.717) is 10.6 Å². The number of benzene rings is 2. The van der Waals surface area contributed by atoms with E-state index in [1.807, 2.05) is 13.0 Å². The third-order valence-corrected chi connectivity index (χ3v) is 5.11. The molecule has 1 atom stereocenters. The number of amidine groups is 1. The van der Waals surface area contributed by atoms with Crippen molar-refractivity contribution in [1.82, 2.24) is 5.32 Å². The van der Waals surface area contributed by atoms with Crippen LogP contribution >= 0.6 is 11.8 Å². The van der Waals surface area contributed by atoms with Crippen LogP contribution in [0.15, 0.2) is 58.4 Å². The Morgan fingerprint density at radius 1 is 1.16 bits per heavy atom. The van der Waals surface area contributed by atoms with Crippen LogP contribution in [0.3, 0.4) is 0 Å². The quantitative estimate of drug-likeness (QED) is 0.816. The molecule has 2 aromatic carbocycles. The SMILES string of the molecule is Cc1ccc2c(c1)SC1=N[C@@](c3ccccc3)(C(F)(F)F)NC(=O)N12. The van der Waals surface area contributed by atoms with Gasteiger partial charge in [0.2, 0.25) is 0 Å². The molecule has 2 amide bonds. The second-order valence-electron chi connectivity index (χ2n) is 5.81. The van der Waals surface area contributed by atoms with Gasteiger partial charge in [-0.25, -0.2) is 14.7 Å². The lowest BCUT2D eigenvalue weighted by atomic mass is 9.98. The molecule has 0 aliphatic carbocycles. The number of carbonyl (C=O) groups excluding carboxylic acids is 1. The molecule has 2 aromatic rings. The minimum atomic E-state index is -4.78. The summed E-state index contributed by atoms with van der Waals surface area (Å²) in [6.45, 7) is 1.88. The average Bonchev–Trinajstić information content (AvgIpc) is 2.92. The molecule has 0 bridgehead atoms. The number of nitrogens with zero attached hydrogens (tertiary/aromatic N) is 2. The van der Waals surface area contributed by atoms with E-state index < -0.39 is 17.9 Å². The van der Waals surface area contributed by atoms with Gasteiger partial charge in [-0.2, -0.15) is 13.2 Å². The van der Waals surface area contributed by atoms with Gasteiger partial charge in [-0.1, -0.05) is 36.4 Å². The number of halogens is 3. The Balaban J connectivity index is 1.90. The van der Waals surface area contributed by atoms with Crippen molar-refractivity contribution < 1.29 is 18.0 Å². The van der Waals surface area contributed by atoms with Crippen LogP contribution < -0.4 is 10.2 Å². The van der Waals surface area contributed by atoms with Crippen molar-refractivity contribution in [3.63, 3.8) is 0 Å². The number of hydrogen-bond acceptors (Lipinski definition) is 3. The Morgan fingerprint density at radius 3 is 2.56 bits per heavy atom. The number of carbonyl (C=O) groups is 1. The van der Waals surface area contributed by atoms with Crippen LogP contribution in [0, 0.1) is 6.92 Å². The van der Waals surface area contributed by atoms with Gasteiger partial charge < -0.3 is 5.32 Å². The van der Waals surface area contributed by atoms with Gasteiger partial charge in [0.05, 0.1) is 5.69 Å². The van der Waals surface area contributed by atoms with Crippen LogP contribution in [-0.2, 0) is 5.66 Å². The maximum Gasteiger partial charge on any atom is 0.436 e. The molecule has 128 valence electrons. The second-order valence-corrected chi connectivity index (χ2v) is 6.82. The average molecular weight is 363 g/mol. The lowest BCUT2D eigenvalue weighted by molar-refractivity contribution is -0.195. The summed E-state index contributed by atoms with van der Waals surface area (Å²) >= 11 is 1.07. The van der Waals surface area contributed by atoms with Crippen molar-refractivity contribution in [3.8, 4) is 0 Å². The van der Waals surface area contributed by atoms with E-state index >= 15 is 0 Å². The first-order chi connectivity index (χ1) is 11.8. The van der Waals surface area contributed by atoms with Crippen LogP contribution in [0.2, 0.25) is 0 Å². The number of urea groups is 1. The molecule has 2 aliphatic rings. The van der Waals surface area contributed by atoms with Gasteiger partial charge in [-0.3, -0.25) is 0 Å². The highest BCUT2D eigenvalue weighted by Crippen LogP contribution is 2.48. The molecular weight excluding hydrogens is 351 g/mol. The topological polar surface area (TPSA) is 44.7 Å². The number of thioether (sulfide) groups is 1. The van der Waals surface area contributed by atoms with E-state index in [1.54, 1.807) is 18.2 Å². The number of nitrogens with one attached hydrogen (secondary N) is 1. The van der Waals surface area contributed by atoms with Crippen molar-refractivity contribution in [2.24, 2.45) is 4.99 Å². The smallest absolute Gasteiger partial charge is 0.301 e. The molecule has 8 heteroatoms. The monoisotopic (exact) mass is 363 g/mol. The predicted octanol–water partition coefficient (Wildman–Crippen LogP) is 4.40. The fourth-order valence-electron chi connectivity index (χ4n) is 2.90. The maximum atomic E-state index is 14.0. The molecule has 0 spiro atoms. The first-order valence-electron chi connectivity index (χ1n) is 7.45. The number of aliphatic imine (C=N–C) groups is 1. The summed E-state index contributed by atoms with van der Waals surface area (Å²) in [4.78, 5) is 18.4. The van der Waals surface area contributed by atoms with Crippen molar-refractivity contribution in [2.75, 3.05) is 4.90 Å². The predicted molar refractivity (Wildman–Crippen MR) is 89.7 cm³/mol. The number of aryl methyl sites for hydroxylation is 1. The summed E-state index contributed by atoms with van der Waals surface area (Å²) in [5, 5.41) is 2.09. The highest BCUT2D eigenvalue weighted by atomic mass is 32.2. The molecule has 0 fully saturated rings. The number of amides is 2. The summed E-state index contributed by atoms with van der Waals surface area (Å²) in [7, 11) is 0. The van der Waals surface area contributed by atoms with Gasteiger partial charge in [-0.05, 0) is 36.4 Å². The van der Waals surface area contributed by atoms with Crippen LogP contribution in [0.4, 0.5) is 23.7 Å². The molecule has 2 heterocycles. The van der Waals surface area contributed by atoms with Gasteiger partial charge >= 0.3 is 12.2 Å². The second kappa shape index (κ2) is 5.26. The Bertz CT molecular complexity index is 898. The maximum absolute atomic E-state index is 14.0. The zero-order valence-electron chi connectivity index (χ0n) is 13.0. The zero-order valence-corrected chi connectivity index (χ0v) is 13.8. The number of anilines is 1. The van der Waals surface area contributed by atoms with Crippen LogP contribution in [0.25, 0.3) is 0 Å². The number of alkyl halides is 3. The van der Waals surface area contributed by atoms with E-state index in [1.165, 1.54) is 29.2 Å². The van der Waals surface area contributed by atoms with Crippen LogP contribution in [0.1, 0.15) is 11.1 Å². The Morgan fingerprint density at radius 2 is 1.88 bits per heavy atom. The van der Waals surface area contributed by atoms with Crippen LogP contribution in [-0.4, -0.2) is 17.4 Å². The summed E-state index contributed by atoms with van der Waals surface area (Å²) in [6.07, 6.45) is -4.78. The lowest BCUT2D eigenvalue weighted by Crippen LogP contribution is -2.62. The normalized spacial score (nSPS) is 22.2. The Kier molecular flexibility index (Phi) is 3.37. The number of hydrogen-bond donors (Lipinski definition) is 1. The number of rotatable bonds is 1. The fourth-order valence-corrected chi connectivity index (χ4v) is 4.06. The molecule has 0 radical (unpaired) electrons. The highest BCUT2D eigenvalue weighted by Gasteiger charge is 2.61. The summed E-state index contributed by atoms with van der Waals surface area (Å²) < 4.78 is 41.9. The number of fused-ring (bicyclic) bond motifs is 3. The molecule has 0 unspecified atom stereocenters. The van der Waals surface area contributed by atoms with Crippen molar-refractivity contribution in [1.29, 1.82) is 0 Å². The molecule has 1 N–H and O–H groups in total. The molecule has 0 saturated carbocycles. The fraction of sp³-hybridized carbons (Fsp3) is 0.176. The third-order valence-electron chi connectivity index (χ3n) is 4.10. The van der Waals surface area contributed by atoms with Gasteiger partial charge in [-0.15, -0.1) is 0 Å². The lowest BCUT2D eigenvalue weighted by Gasteiger charge is -2.38. The van der Waals surface area contributed by atoms with Crippen LogP contribution in [0.5, 0.6) is 0 Å². The Labute approximate surface area is 145 Å². The third kappa shape index (κ3) is 2.31. The molecule has 0 saturated heterocycles. The van der Waals surface area contributed by atoms with Gasteiger partial charge in [0.25, 0.3) is 5.66 Å². The molecule has 0 aromatic heterocycles. The first-order valence-corrected chi connectivity index (χ1v) is 8.26. The minimum Gasteiger partial charge on any atom is -0.301 e. The van der Waals surface area contributed by atoms with E-state index in [2.05, 4.69) is 10.3 Å². The highest BCUT2D eigenvalue weighted by molar-refractivity contribution is 8.15. The first kappa shape index (κ1) is 16.0. The van der Waals surface area contributed by atoms with Gasteiger partial charge in [0.15, 0.2) is 5.17 Å². The molecule has 4 nitrogen and oxygen atoms in total. The van der Waals surface area contributed by atoms with Crippen molar-refractivity contribution >= 4 is 28.6 Å². The molecular formula is C17H12F3N3OS. The van der Waals surface area contributed by atoms with E-state index in [9.17, 15) is 18.0 Å². The standard InChI is InChI=1S/C17H12F3N3OS/c1-10-7-8-12-13(9-10)25-15-22-16(17(18,19)20,21-14(24)23(12)15)11-5-3-2-4-6-11/h2-9H,1H3,(H,21,24)/t16-/m0/s1. The van der Waals surface area contributed by atoms with Crippen molar-refractivity contribution in [2.45, 2.75) is 23.7 Å². The minimum absolute atomic E-state index is 0.0190. The molecule has 4 rings (SSSR count). The summed E-state index contributed by atoms with van der Waals surface area (Å²) in [5.41, 5.74) is -1.43. The molecule has 2 aliphatic heterocycles. The Hall–Kier alpha value is -2.48.